The van der Waals surface area contributed by atoms with E-state index < -0.39 is 22.0 Å². The highest BCUT2D eigenvalue weighted by molar-refractivity contribution is 7.89. The third-order valence-electron chi connectivity index (χ3n) is 2.48. The Hall–Kier alpha value is -2.04. The van der Waals surface area contributed by atoms with Gasteiger partial charge < -0.3 is 10.5 Å². The van der Waals surface area contributed by atoms with Crippen LogP contribution in [0, 0.1) is 12.3 Å². The van der Waals surface area contributed by atoms with E-state index in [0.29, 0.717) is 0 Å². The molecule has 7 heteroatoms. The van der Waals surface area contributed by atoms with E-state index in [1.807, 2.05) is 0 Å². The van der Waals surface area contributed by atoms with Crippen molar-refractivity contribution in [2.75, 3.05) is 12.8 Å². The standard InChI is InChI=1S/C13H16N2O4S/c1-4-5-9(2)15-20(17,18)12-8-10(14)6-7-11(12)13(16)19-3/h1,6-9,15H,5,14H2,2-3H3. The van der Waals surface area contributed by atoms with Gasteiger partial charge in [-0.1, -0.05) is 0 Å². The third kappa shape index (κ3) is 3.73. The molecule has 3 N–H and O–H groups in total. The SMILES string of the molecule is C#CCC(C)NS(=O)(=O)c1cc(N)ccc1C(=O)OC. The van der Waals surface area contributed by atoms with Gasteiger partial charge in [0.05, 0.1) is 17.6 Å². The normalized spacial score (nSPS) is 12.4. The molecule has 6 nitrogen and oxygen atoms in total. The van der Waals surface area contributed by atoms with E-state index in [1.165, 1.54) is 25.3 Å². The fourth-order valence-electron chi connectivity index (χ4n) is 1.59. The van der Waals surface area contributed by atoms with E-state index in [2.05, 4.69) is 15.4 Å². The third-order valence-corrected chi connectivity index (χ3v) is 4.11. The molecule has 108 valence electrons. The van der Waals surface area contributed by atoms with Gasteiger partial charge in [-0.15, -0.1) is 12.3 Å². The van der Waals surface area contributed by atoms with Gasteiger partial charge in [0, 0.05) is 18.2 Å². The van der Waals surface area contributed by atoms with E-state index in [4.69, 9.17) is 12.2 Å². The second kappa shape index (κ2) is 6.41. The molecule has 0 bridgehead atoms. The number of carbonyl (C=O) groups is 1. The zero-order valence-corrected chi connectivity index (χ0v) is 12.0. The van der Waals surface area contributed by atoms with E-state index >= 15 is 0 Å². The molecule has 0 aliphatic rings. The number of sulfonamides is 1. The summed E-state index contributed by atoms with van der Waals surface area (Å²) in [5.41, 5.74) is 5.72. The number of methoxy groups -OCH3 is 1. The Kier molecular flexibility index (Phi) is 5.13. The lowest BCUT2D eigenvalue weighted by Crippen LogP contribution is -2.33. The van der Waals surface area contributed by atoms with E-state index in [1.54, 1.807) is 6.92 Å². The number of nitrogen functional groups attached to an aromatic ring is 1. The number of nitrogens with one attached hydrogen (secondary N) is 1. The van der Waals surface area contributed by atoms with E-state index in [0.717, 1.165) is 0 Å². The predicted molar refractivity (Wildman–Crippen MR) is 75.4 cm³/mol. The molecule has 0 spiro atoms. The first-order valence-electron chi connectivity index (χ1n) is 5.75. The van der Waals surface area contributed by atoms with Crippen LogP contribution in [-0.2, 0) is 14.8 Å². The van der Waals surface area contributed by atoms with Gasteiger partial charge in [0.25, 0.3) is 0 Å². The number of hydrogen-bond acceptors (Lipinski definition) is 5. The summed E-state index contributed by atoms with van der Waals surface area (Å²) in [5.74, 6) is 1.60. The van der Waals surface area contributed by atoms with Crippen molar-refractivity contribution in [2.45, 2.75) is 24.3 Å². The largest absolute Gasteiger partial charge is 0.465 e. The first-order chi connectivity index (χ1) is 9.31. The fraction of sp³-hybridized carbons (Fsp3) is 0.308. The number of nitrogens with two attached hydrogens (primary N) is 1. The molecule has 0 fully saturated rings. The first-order valence-corrected chi connectivity index (χ1v) is 7.23. The number of ether oxygens (including phenoxy) is 1. The minimum atomic E-state index is -3.92. The maximum atomic E-state index is 12.3. The summed E-state index contributed by atoms with van der Waals surface area (Å²) >= 11 is 0. The summed E-state index contributed by atoms with van der Waals surface area (Å²) in [7, 11) is -2.75. The van der Waals surface area contributed by atoms with Crippen LogP contribution < -0.4 is 10.5 Å². The van der Waals surface area contributed by atoms with Gasteiger partial charge in [-0.25, -0.2) is 17.9 Å². The molecule has 0 saturated carbocycles. The van der Waals surface area contributed by atoms with Gasteiger partial charge in [-0.2, -0.15) is 0 Å². The van der Waals surface area contributed by atoms with Crippen molar-refractivity contribution >= 4 is 21.7 Å². The summed E-state index contributed by atoms with van der Waals surface area (Å²) in [6.07, 6.45) is 5.36. The molecular formula is C13H16N2O4S. The second-order valence-electron chi connectivity index (χ2n) is 4.18. The molecule has 0 aromatic heterocycles. The van der Waals surface area contributed by atoms with Gasteiger partial charge in [0.1, 0.15) is 0 Å². The Morgan fingerprint density at radius 2 is 2.20 bits per heavy atom. The van der Waals surface area contributed by atoms with Crippen LogP contribution in [0.1, 0.15) is 23.7 Å². The number of carbonyl (C=O) groups excluding carboxylic acids is 1. The fourth-order valence-corrected chi connectivity index (χ4v) is 3.06. The van der Waals surface area contributed by atoms with Gasteiger partial charge in [0.2, 0.25) is 10.0 Å². The van der Waals surface area contributed by atoms with Gasteiger partial charge in [-0.05, 0) is 25.1 Å². The average Bonchev–Trinajstić information content (AvgIpc) is 2.37. The van der Waals surface area contributed by atoms with Crippen LogP contribution >= 0.6 is 0 Å². The molecule has 20 heavy (non-hydrogen) atoms. The van der Waals surface area contributed by atoms with Crippen LogP contribution in [0.4, 0.5) is 5.69 Å². The zero-order valence-electron chi connectivity index (χ0n) is 11.2. The summed E-state index contributed by atoms with van der Waals surface area (Å²) in [5, 5.41) is 0. The Morgan fingerprint density at radius 1 is 1.55 bits per heavy atom. The number of benzene rings is 1. The van der Waals surface area contributed by atoms with Crippen LogP contribution in [-0.4, -0.2) is 27.5 Å². The number of rotatable bonds is 5. The average molecular weight is 296 g/mol. The van der Waals surface area contributed by atoms with Gasteiger partial charge >= 0.3 is 5.97 Å². The number of terminal acetylenes is 1. The Bertz CT molecular complexity index is 647. The summed E-state index contributed by atoms with van der Waals surface area (Å²) < 4.78 is 31.5. The molecule has 0 aliphatic heterocycles. The van der Waals surface area contributed by atoms with Crippen LogP contribution in [0.2, 0.25) is 0 Å². The predicted octanol–water partition coefficient (Wildman–Crippen LogP) is 0.746. The van der Waals surface area contributed by atoms with Crippen LogP contribution in [0.3, 0.4) is 0 Å². The van der Waals surface area contributed by atoms with Crippen molar-refractivity contribution in [1.82, 2.24) is 4.72 Å². The first kappa shape index (κ1) is 16.0. The van der Waals surface area contributed by atoms with E-state index in [9.17, 15) is 13.2 Å². The van der Waals surface area contributed by atoms with Crippen molar-refractivity contribution < 1.29 is 17.9 Å². The topological polar surface area (TPSA) is 98.5 Å². The monoisotopic (exact) mass is 296 g/mol. The Morgan fingerprint density at radius 3 is 2.75 bits per heavy atom. The van der Waals surface area contributed by atoms with Crippen molar-refractivity contribution in [3.63, 3.8) is 0 Å². The molecule has 0 saturated heterocycles. The summed E-state index contributed by atoms with van der Waals surface area (Å²) in [6, 6.07) is 3.48. The molecule has 1 aromatic carbocycles. The smallest absolute Gasteiger partial charge is 0.339 e. The Balaban J connectivity index is 3.27. The molecule has 1 aromatic rings. The molecule has 0 amide bonds. The highest BCUT2D eigenvalue weighted by Crippen LogP contribution is 2.20. The highest BCUT2D eigenvalue weighted by atomic mass is 32.2. The molecule has 0 heterocycles. The zero-order chi connectivity index (χ0) is 15.3. The van der Waals surface area contributed by atoms with Gasteiger partial charge in [0.15, 0.2) is 0 Å². The molecule has 0 aliphatic carbocycles. The van der Waals surface area contributed by atoms with Crippen molar-refractivity contribution in [3.8, 4) is 12.3 Å². The summed E-state index contributed by atoms with van der Waals surface area (Å²) in [4.78, 5) is 11.4. The maximum Gasteiger partial charge on any atom is 0.339 e. The quantitative estimate of drug-likeness (QED) is 0.474. The van der Waals surface area contributed by atoms with Crippen molar-refractivity contribution in [3.05, 3.63) is 23.8 Å². The molecule has 0 radical (unpaired) electrons. The lowest BCUT2D eigenvalue weighted by Gasteiger charge is -2.14. The van der Waals surface area contributed by atoms with Gasteiger partial charge in [-0.3, -0.25) is 0 Å². The molecular weight excluding hydrogens is 280 g/mol. The Labute approximate surface area is 118 Å². The van der Waals surface area contributed by atoms with Crippen LogP contribution in [0.15, 0.2) is 23.1 Å². The summed E-state index contributed by atoms with van der Waals surface area (Å²) in [6.45, 7) is 1.63. The second-order valence-corrected chi connectivity index (χ2v) is 5.86. The van der Waals surface area contributed by atoms with E-state index in [-0.39, 0.29) is 22.6 Å². The minimum absolute atomic E-state index is 0.0814. The minimum Gasteiger partial charge on any atom is -0.465 e. The van der Waals surface area contributed by atoms with Crippen LogP contribution in [0.5, 0.6) is 0 Å². The van der Waals surface area contributed by atoms with Crippen molar-refractivity contribution in [2.24, 2.45) is 0 Å². The number of anilines is 1. The lowest BCUT2D eigenvalue weighted by atomic mass is 10.2. The maximum absolute atomic E-state index is 12.3. The van der Waals surface area contributed by atoms with Crippen molar-refractivity contribution in [1.29, 1.82) is 0 Å². The lowest BCUT2D eigenvalue weighted by molar-refractivity contribution is 0.0596. The molecule has 1 atom stereocenters. The highest BCUT2D eigenvalue weighted by Gasteiger charge is 2.24. The molecule has 1 rings (SSSR count). The number of hydrogen-bond donors (Lipinski definition) is 2. The van der Waals surface area contributed by atoms with Crippen LogP contribution in [0.25, 0.3) is 0 Å². The number of esters is 1. The molecule has 1 unspecified atom stereocenters.